The summed E-state index contributed by atoms with van der Waals surface area (Å²) in [4.78, 5) is 22.5. The van der Waals surface area contributed by atoms with Crippen molar-refractivity contribution in [3.05, 3.63) is 35.9 Å². The molecule has 2 unspecified atom stereocenters. The first kappa shape index (κ1) is 15.5. The maximum Gasteiger partial charge on any atom is 0.328 e. The van der Waals surface area contributed by atoms with Crippen LogP contribution in [-0.4, -0.2) is 24.5 Å². The molecule has 1 fully saturated rings. The summed E-state index contributed by atoms with van der Waals surface area (Å²) in [6, 6.07) is 9.91. The molecule has 1 saturated heterocycles. The zero-order valence-electron chi connectivity index (χ0n) is 12.5. The molecule has 0 bridgehead atoms. The first-order valence-corrected chi connectivity index (χ1v) is 7.63. The van der Waals surface area contributed by atoms with Gasteiger partial charge in [0.1, 0.15) is 6.04 Å². The van der Waals surface area contributed by atoms with Crippen molar-refractivity contribution in [1.29, 1.82) is 0 Å². The second-order valence-electron chi connectivity index (χ2n) is 5.81. The molecule has 4 nitrogen and oxygen atoms in total. The molecule has 0 aliphatic carbocycles. The van der Waals surface area contributed by atoms with Crippen LogP contribution >= 0.6 is 0 Å². The monoisotopic (exact) mass is 289 g/mol. The van der Waals surface area contributed by atoms with Crippen LogP contribution in [0.15, 0.2) is 30.3 Å². The van der Waals surface area contributed by atoms with Gasteiger partial charge in [0.25, 0.3) is 0 Å². The van der Waals surface area contributed by atoms with Crippen LogP contribution in [0.1, 0.15) is 38.2 Å². The van der Waals surface area contributed by atoms with E-state index in [4.69, 9.17) is 4.74 Å². The van der Waals surface area contributed by atoms with Gasteiger partial charge in [-0.05, 0) is 44.1 Å². The normalized spacial score (nSPS) is 26.9. The van der Waals surface area contributed by atoms with Crippen molar-refractivity contribution >= 4 is 12.4 Å². The van der Waals surface area contributed by atoms with E-state index < -0.39 is 6.04 Å². The SMILES string of the molecule is CC1CC(Cc2ccccc2)CCC[C@H](NC=O)C(=O)O1. The van der Waals surface area contributed by atoms with Gasteiger partial charge in [-0.1, -0.05) is 36.8 Å². The number of hydrogen-bond donors (Lipinski definition) is 1. The summed E-state index contributed by atoms with van der Waals surface area (Å²) < 4.78 is 5.44. The van der Waals surface area contributed by atoms with Gasteiger partial charge in [-0.2, -0.15) is 0 Å². The summed E-state index contributed by atoms with van der Waals surface area (Å²) in [6.45, 7) is 1.93. The van der Waals surface area contributed by atoms with Crippen molar-refractivity contribution in [2.75, 3.05) is 0 Å². The molecule has 1 aliphatic heterocycles. The second-order valence-corrected chi connectivity index (χ2v) is 5.81. The predicted molar refractivity (Wildman–Crippen MR) is 80.6 cm³/mol. The number of ether oxygens (including phenoxy) is 1. The van der Waals surface area contributed by atoms with E-state index in [0.717, 1.165) is 25.7 Å². The van der Waals surface area contributed by atoms with Crippen LogP contribution in [-0.2, 0) is 20.7 Å². The van der Waals surface area contributed by atoms with Gasteiger partial charge < -0.3 is 10.1 Å². The molecule has 0 spiro atoms. The summed E-state index contributed by atoms with van der Waals surface area (Å²) in [7, 11) is 0. The van der Waals surface area contributed by atoms with Crippen molar-refractivity contribution in [2.45, 2.75) is 51.2 Å². The highest BCUT2D eigenvalue weighted by Gasteiger charge is 2.25. The number of nitrogens with one attached hydrogen (secondary N) is 1. The first-order valence-electron chi connectivity index (χ1n) is 7.63. The van der Waals surface area contributed by atoms with Crippen LogP contribution in [0.25, 0.3) is 0 Å². The van der Waals surface area contributed by atoms with Crippen LogP contribution in [0.3, 0.4) is 0 Å². The third-order valence-electron chi connectivity index (χ3n) is 4.01. The van der Waals surface area contributed by atoms with Crippen LogP contribution in [0.4, 0.5) is 0 Å². The van der Waals surface area contributed by atoms with Gasteiger partial charge in [-0.25, -0.2) is 4.79 Å². The standard InChI is InChI=1S/C17H23NO3/c1-13-10-15(11-14-6-3-2-4-7-14)8-5-9-16(18-12-19)17(20)21-13/h2-4,6-7,12-13,15-16H,5,8-11H2,1H3,(H,18,19)/t13?,15?,16-/m0/s1. The minimum absolute atomic E-state index is 0.111. The summed E-state index contributed by atoms with van der Waals surface area (Å²) in [5.41, 5.74) is 1.32. The number of carbonyl (C=O) groups is 2. The van der Waals surface area contributed by atoms with Crippen molar-refractivity contribution in [3.63, 3.8) is 0 Å². The van der Waals surface area contributed by atoms with Gasteiger partial charge >= 0.3 is 5.97 Å². The topological polar surface area (TPSA) is 55.4 Å². The Morgan fingerprint density at radius 1 is 1.29 bits per heavy atom. The molecular formula is C17H23NO3. The van der Waals surface area contributed by atoms with Crippen LogP contribution in [0.2, 0.25) is 0 Å². The van der Waals surface area contributed by atoms with E-state index in [0.29, 0.717) is 18.7 Å². The highest BCUT2D eigenvalue weighted by atomic mass is 16.5. The van der Waals surface area contributed by atoms with Crippen LogP contribution in [0, 0.1) is 5.92 Å². The van der Waals surface area contributed by atoms with Gasteiger partial charge in [0.15, 0.2) is 0 Å². The predicted octanol–water partition coefficient (Wildman–Crippen LogP) is 2.47. The quantitative estimate of drug-likeness (QED) is 0.684. The van der Waals surface area contributed by atoms with Crippen LogP contribution < -0.4 is 5.32 Å². The molecule has 1 N–H and O–H groups in total. The number of hydrogen-bond acceptors (Lipinski definition) is 3. The van der Waals surface area contributed by atoms with Crippen molar-refractivity contribution < 1.29 is 14.3 Å². The Labute approximate surface area is 125 Å². The first-order chi connectivity index (χ1) is 10.2. The minimum atomic E-state index is -0.500. The van der Waals surface area contributed by atoms with Gasteiger partial charge in [0.2, 0.25) is 6.41 Å². The Bertz CT molecular complexity index is 460. The molecule has 114 valence electrons. The van der Waals surface area contributed by atoms with Crippen molar-refractivity contribution in [3.8, 4) is 0 Å². The molecule has 21 heavy (non-hydrogen) atoms. The fraction of sp³-hybridized carbons (Fsp3) is 0.529. The second kappa shape index (κ2) is 7.81. The molecule has 1 aromatic carbocycles. The van der Waals surface area contributed by atoms with E-state index in [-0.39, 0.29) is 12.1 Å². The summed E-state index contributed by atoms with van der Waals surface area (Å²) in [5.74, 6) is 0.195. The largest absolute Gasteiger partial charge is 0.461 e. The molecule has 3 atom stereocenters. The molecule has 1 amide bonds. The third-order valence-corrected chi connectivity index (χ3v) is 4.01. The Hall–Kier alpha value is -1.84. The molecule has 0 radical (unpaired) electrons. The van der Waals surface area contributed by atoms with Gasteiger partial charge in [0, 0.05) is 0 Å². The fourth-order valence-electron chi connectivity index (χ4n) is 3.01. The highest BCUT2D eigenvalue weighted by Crippen LogP contribution is 2.24. The molecule has 4 heteroatoms. The van der Waals surface area contributed by atoms with E-state index >= 15 is 0 Å². The van der Waals surface area contributed by atoms with Crippen molar-refractivity contribution in [1.82, 2.24) is 5.32 Å². The van der Waals surface area contributed by atoms with Crippen LogP contribution in [0.5, 0.6) is 0 Å². The molecular weight excluding hydrogens is 266 g/mol. The minimum Gasteiger partial charge on any atom is -0.461 e. The summed E-state index contributed by atoms with van der Waals surface area (Å²) in [5, 5.41) is 2.56. The average molecular weight is 289 g/mol. The zero-order chi connectivity index (χ0) is 15.1. The Morgan fingerprint density at radius 3 is 2.76 bits per heavy atom. The number of cyclic esters (lactones) is 1. The average Bonchev–Trinajstić information content (AvgIpc) is 2.52. The molecule has 2 rings (SSSR count). The van der Waals surface area contributed by atoms with Gasteiger partial charge in [-0.15, -0.1) is 0 Å². The number of amides is 1. The maximum atomic E-state index is 11.9. The lowest BCUT2D eigenvalue weighted by molar-refractivity contribution is -0.152. The van der Waals surface area contributed by atoms with E-state index in [2.05, 4.69) is 29.6 Å². The number of esters is 1. The lowest BCUT2D eigenvalue weighted by Gasteiger charge is -2.20. The van der Waals surface area contributed by atoms with Crippen molar-refractivity contribution in [2.24, 2.45) is 5.92 Å². The number of rotatable bonds is 4. The lowest BCUT2D eigenvalue weighted by atomic mass is 9.89. The molecule has 1 aliphatic rings. The number of benzene rings is 1. The Balaban J connectivity index is 1.99. The van der Waals surface area contributed by atoms with Gasteiger partial charge in [-0.3, -0.25) is 4.79 Å². The molecule has 1 heterocycles. The Kier molecular flexibility index (Phi) is 5.78. The highest BCUT2D eigenvalue weighted by molar-refractivity contribution is 5.78. The van der Waals surface area contributed by atoms with E-state index in [1.165, 1.54) is 5.56 Å². The molecule has 0 saturated carbocycles. The summed E-state index contributed by atoms with van der Waals surface area (Å²) in [6.07, 6.45) is 4.96. The van der Waals surface area contributed by atoms with E-state index in [1.807, 2.05) is 13.0 Å². The molecule has 1 aromatic rings. The smallest absolute Gasteiger partial charge is 0.328 e. The van der Waals surface area contributed by atoms with E-state index in [1.54, 1.807) is 0 Å². The zero-order valence-corrected chi connectivity index (χ0v) is 12.5. The summed E-state index contributed by atoms with van der Waals surface area (Å²) >= 11 is 0. The lowest BCUT2D eigenvalue weighted by Crippen LogP contribution is -2.38. The fourth-order valence-corrected chi connectivity index (χ4v) is 3.01. The third kappa shape index (κ3) is 4.88. The molecule has 0 aromatic heterocycles. The maximum absolute atomic E-state index is 11.9. The Morgan fingerprint density at radius 2 is 2.05 bits per heavy atom. The van der Waals surface area contributed by atoms with E-state index in [9.17, 15) is 9.59 Å². The van der Waals surface area contributed by atoms with Gasteiger partial charge in [0.05, 0.1) is 6.10 Å². The number of carbonyl (C=O) groups excluding carboxylic acids is 2.